The van der Waals surface area contributed by atoms with Crippen molar-refractivity contribution in [3.05, 3.63) is 53.1 Å². The van der Waals surface area contributed by atoms with Crippen molar-refractivity contribution in [1.82, 2.24) is 19.8 Å². The summed E-state index contributed by atoms with van der Waals surface area (Å²) in [5, 5.41) is 10.9. The zero-order valence-corrected chi connectivity index (χ0v) is 15.5. The first kappa shape index (κ1) is 19.4. The van der Waals surface area contributed by atoms with Gasteiger partial charge in [0.05, 0.1) is 6.54 Å². The number of imidazole rings is 1. The number of aromatic nitrogens is 2. The van der Waals surface area contributed by atoms with Gasteiger partial charge in [-0.1, -0.05) is 6.07 Å². The number of aryl methyl sites for hydroxylation is 1. The van der Waals surface area contributed by atoms with Gasteiger partial charge < -0.3 is 15.0 Å². The smallest absolute Gasteiger partial charge is 0.256 e. The van der Waals surface area contributed by atoms with E-state index in [9.17, 15) is 18.7 Å². The number of hydrogen-bond acceptors (Lipinski definition) is 4. The first-order valence-corrected chi connectivity index (χ1v) is 8.91. The normalized spacial score (nSPS) is 20.5. The molecule has 1 aliphatic heterocycles. The van der Waals surface area contributed by atoms with Crippen LogP contribution in [0, 0.1) is 18.6 Å². The van der Waals surface area contributed by atoms with Crippen LogP contribution in [0.5, 0.6) is 0 Å². The number of nitrogens with zero attached hydrogens (tertiary/aromatic N) is 3. The lowest BCUT2D eigenvalue weighted by Crippen LogP contribution is -2.57. The first-order valence-electron chi connectivity index (χ1n) is 8.91. The topological polar surface area (TPSA) is 72.5 Å². The number of amides is 1. The summed E-state index contributed by atoms with van der Waals surface area (Å²) in [6.07, 6.45) is 2.73. The van der Waals surface area contributed by atoms with Gasteiger partial charge in [-0.05, 0) is 44.5 Å². The summed E-state index contributed by atoms with van der Waals surface area (Å²) in [6, 6.07) is 3.58. The van der Waals surface area contributed by atoms with E-state index in [2.05, 4.69) is 9.97 Å². The standard InChI is InChI=1S/C19H24F2N4O2/c1-13-9-22-17(23-13)11-24(2)12-19(27)6-3-7-25(18(19)26)10-14-4-5-15(20)16(21)8-14/h4-5,8-9,27H,3,6-7,10-12H2,1-2H3,(H,22,23)/t19-/m1/s1. The van der Waals surface area contributed by atoms with Crippen LogP contribution in [0.3, 0.4) is 0 Å². The molecule has 0 unspecified atom stereocenters. The molecule has 1 aromatic carbocycles. The Kier molecular flexibility index (Phi) is 5.57. The largest absolute Gasteiger partial charge is 0.379 e. The molecule has 0 radical (unpaired) electrons. The van der Waals surface area contributed by atoms with Gasteiger partial charge in [-0.3, -0.25) is 9.69 Å². The predicted molar refractivity (Wildman–Crippen MR) is 95.6 cm³/mol. The Hall–Kier alpha value is -2.32. The van der Waals surface area contributed by atoms with Crippen LogP contribution in [-0.4, -0.2) is 56.5 Å². The molecule has 146 valence electrons. The van der Waals surface area contributed by atoms with Crippen LogP contribution in [0.25, 0.3) is 0 Å². The second-order valence-electron chi connectivity index (χ2n) is 7.30. The van der Waals surface area contributed by atoms with Crippen molar-refractivity contribution >= 4 is 5.91 Å². The third-order valence-corrected chi connectivity index (χ3v) is 4.77. The maximum atomic E-state index is 13.4. The number of aromatic amines is 1. The molecule has 0 bridgehead atoms. The van der Waals surface area contributed by atoms with Crippen LogP contribution < -0.4 is 0 Å². The maximum Gasteiger partial charge on any atom is 0.256 e. The van der Waals surface area contributed by atoms with Crippen LogP contribution in [0.2, 0.25) is 0 Å². The minimum Gasteiger partial charge on any atom is -0.379 e. The monoisotopic (exact) mass is 378 g/mol. The molecule has 27 heavy (non-hydrogen) atoms. The first-order chi connectivity index (χ1) is 12.8. The van der Waals surface area contributed by atoms with Crippen molar-refractivity contribution in [2.24, 2.45) is 0 Å². The number of hydrogen-bond donors (Lipinski definition) is 2. The molecule has 8 heteroatoms. The predicted octanol–water partition coefficient (Wildman–Crippen LogP) is 1.98. The highest BCUT2D eigenvalue weighted by atomic mass is 19.2. The molecule has 2 aromatic rings. The third-order valence-electron chi connectivity index (χ3n) is 4.77. The fourth-order valence-corrected chi connectivity index (χ4v) is 3.53. The second kappa shape index (κ2) is 7.74. The molecule has 1 amide bonds. The number of halogens is 2. The van der Waals surface area contributed by atoms with Crippen molar-refractivity contribution in [2.75, 3.05) is 20.1 Å². The van der Waals surface area contributed by atoms with Gasteiger partial charge in [-0.25, -0.2) is 13.8 Å². The number of likely N-dealkylation sites (N-methyl/N-ethyl adjacent to an activating group) is 1. The minimum absolute atomic E-state index is 0.138. The number of benzene rings is 1. The van der Waals surface area contributed by atoms with Crippen LogP contribution >= 0.6 is 0 Å². The van der Waals surface area contributed by atoms with E-state index in [-0.39, 0.29) is 19.0 Å². The third kappa shape index (κ3) is 4.51. The van der Waals surface area contributed by atoms with E-state index < -0.39 is 17.2 Å². The van der Waals surface area contributed by atoms with Crippen LogP contribution in [0.4, 0.5) is 8.78 Å². The van der Waals surface area contributed by atoms with E-state index >= 15 is 0 Å². The second-order valence-corrected chi connectivity index (χ2v) is 7.30. The summed E-state index contributed by atoms with van der Waals surface area (Å²) in [6.45, 7) is 3.16. The summed E-state index contributed by atoms with van der Waals surface area (Å²) >= 11 is 0. The molecule has 1 aliphatic rings. The Labute approximate surface area is 156 Å². The minimum atomic E-state index is -1.51. The van der Waals surface area contributed by atoms with Crippen molar-refractivity contribution in [2.45, 2.75) is 38.5 Å². The summed E-state index contributed by atoms with van der Waals surface area (Å²) in [5.74, 6) is -1.49. The highest BCUT2D eigenvalue weighted by Gasteiger charge is 2.42. The van der Waals surface area contributed by atoms with Gasteiger partial charge in [0.25, 0.3) is 5.91 Å². The number of piperidine rings is 1. The highest BCUT2D eigenvalue weighted by Crippen LogP contribution is 2.25. The number of aliphatic hydroxyl groups is 1. The molecule has 2 heterocycles. The van der Waals surface area contributed by atoms with E-state index in [0.717, 1.165) is 23.7 Å². The van der Waals surface area contributed by atoms with Gasteiger partial charge in [0.2, 0.25) is 0 Å². The molecule has 0 spiro atoms. The lowest BCUT2D eigenvalue weighted by molar-refractivity contribution is -0.160. The molecule has 2 N–H and O–H groups in total. The molecule has 3 rings (SSSR count). The van der Waals surface area contributed by atoms with Crippen molar-refractivity contribution in [3.8, 4) is 0 Å². The molecule has 1 fully saturated rings. The molecule has 1 aromatic heterocycles. The molecule has 0 aliphatic carbocycles. The van der Waals surface area contributed by atoms with E-state index in [0.29, 0.717) is 31.5 Å². The lowest BCUT2D eigenvalue weighted by atomic mass is 9.91. The zero-order chi connectivity index (χ0) is 19.6. The number of H-pyrrole nitrogens is 1. The Bertz CT molecular complexity index is 826. The molecule has 0 saturated carbocycles. The van der Waals surface area contributed by atoms with Crippen LogP contribution in [0.1, 0.15) is 29.9 Å². The Balaban J connectivity index is 1.66. The van der Waals surface area contributed by atoms with Crippen LogP contribution in [0.15, 0.2) is 24.4 Å². The van der Waals surface area contributed by atoms with Gasteiger partial charge in [0.15, 0.2) is 17.2 Å². The van der Waals surface area contributed by atoms with E-state index in [1.54, 1.807) is 6.20 Å². The van der Waals surface area contributed by atoms with Gasteiger partial charge in [0, 0.05) is 31.5 Å². The number of likely N-dealkylation sites (tertiary alicyclic amines) is 1. The zero-order valence-electron chi connectivity index (χ0n) is 15.5. The molecule has 1 atom stereocenters. The Morgan fingerprint density at radius 2 is 2.15 bits per heavy atom. The highest BCUT2D eigenvalue weighted by molar-refractivity contribution is 5.86. The SMILES string of the molecule is Cc1cnc(CN(C)C[C@]2(O)CCCN(Cc3ccc(F)c(F)c3)C2=O)[nH]1. The van der Waals surface area contributed by atoms with Gasteiger partial charge >= 0.3 is 0 Å². The fraction of sp³-hybridized carbons (Fsp3) is 0.474. The lowest BCUT2D eigenvalue weighted by Gasteiger charge is -2.40. The molecular formula is C19H24F2N4O2. The average molecular weight is 378 g/mol. The van der Waals surface area contributed by atoms with Gasteiger partial charge in [-0.2, -0.15) is 0 Å². The Morgan fingerprint density at radius 3 is 2.81 bits per heavy atom. The number of carbonyl (C=O) groups excluding carboxylic acids is 1. The summed E-state index contributed by atoms with van der Waals surface area (Å²) in [7, 11) is 1.82. The molecule has 6 nitrogen and oxygen atoms in total. The molecule has 1 saturated heterocycles. The van der Waals surface area contributed by atoms with E-state index in [1.807, 2.05) is 18.9 Å². The summed E-state index contributed by atoms with van der Waals surface area (Å²) in [4.78, 5) is 23.6. The summed E-state index contributed by atoms with van der Waals surface area (Å²) < 4.78 is 26.5. The van der Waals surface area contributed by atoms with Crippen molar-refractivity contribution in [3.63, 3.8) is 0 Å². The van der Waals surface area contributed by atoms with Gasteiger partial charge in [0.1, 0.15) is 5.82 Å². The van der Waals surface area contributed by atoms with Crippen molar-refractivity contribution in [1.29, 1.82) is 0 Å². The Morgan fingerprint density at radius 1 is 1.37 bits per heavy atom. The molecular weight excluding hydrogens is 354 g/mol. The van der Waals surface area contributed by atoms with E-state index in [4.69, 9.17) is 0 Å². The van der Waals surface area contributed by atoms with E-state index in [1.165, 1.54) is 11.0 Å². The summed E-state index contributed by atoms with van der Waals surface area (Å²) in [5.41, 5.74) is -0.0674. The maximum absolute atomic E-state index is 13.4. The van der Waals surface area contributed by atoms with Crippen molar-refractivity contribution < 1.29 is 18.7 Å². The number of rotatable bonds is 6. The average Bonchev–Trinajstić information content (AvgIpc) is 3.00. The number of carbonyl (C=O) groups is 1. The number of nitrogens with one attached hydrogen (secondary N) is 1. The van der Waals surface area contributed by atoms with Gasteiger partial charge in [-0.15, -0.1) is 0 Å². The quantitative estimate of drug-likeness (QED) is 0.806. The fourth-order valence-electron chi connectivity index (χ4n) is 3.53. The van der Waals surface area contributed by atoms with Crippen LogP contribution in [-0.2, 0) is 17.9 Å².